The predicted octanol–water partition coefficient (Wildman–Crippen LogP) is 0.757. The summed E-state index contributed by atoms with van der Waals surface area (Å²) < 4.78 is 0. The summed E-state index contributed by atoms with van der Waals surface area (Å²) >= 11 is 0. The normalized spacial score (nSPS) is 26.3. The van der Waals surface area contributed by atoms with E-state index < -0.39 is 0 Å². The van der Waals surface area contributed by atoms with Gasteiger partial charge in [0, 0.05) is 6.54 Å². The maximum absolute atomic E-state index is 8.85. The van der Waals surface area contributed by atoms with E-state index in [-0.39, 0.29) is 6.10 Å². The summed E-state index contributed by atoms with van der Waals surface area (Å²) in [6.07, 6.45) is 2.03. The molecule has 1 unspecified atom stereocenters. The highest BCUT2D eigenvalue weighted by Gasteiger charge is 2.06. The lowest BCUT2D eigenvalue weighted by Crippen LogP contribution is -2.33. The van der Waals surface area contributed by atoms with Crippen molar-refractivity contribution in [3.05, 3.63) is 0 Å². The average Bonchev–Trinajstić information content (AvgIpc) is 1.94. The molecule has 0 radical (unpaired) electrons. The summed E-state index contributed by atoms with van der Waals surface area (Å²) in [4.78, 5) is 0. The van der Waals surface area contributed by atoms with Gasteiger partial charge in [-0.3, -0.25) is 0 Å². The Kier molecular flexibility index (Phi) is 5.99. The first-order valence-corrected chi connectivity index (χ1v) is 3.78. The molecule has 0 aliphatic carbocycles. The lowest BCUT2D eigenvalue weighted by molar-refractivity contribution is 0.142. The van der Waals surface area contributed by atoms with Crippen LogP contribution in [0.15, 0.2) is 0 Å². The van der Waals surface area contributed by atoms with Crippen LogP contribution in [0.1, 0.15) is 26.7 Å². The molecule has 2 N–H and O–H groups in total. The van der Waals surface area contributed by atoms with Crippen LogP contribution in [0.5, 0.6) is 0 Å². The second kappa shape index (κ2) is 6.05. The van der Waals surface area contributed by atoms with Crippen molar-refractivity contribution in [2.75, 3.05) is 13.1 Å². The molecule has 1 saturated heterocycles. The molecule has 1 aliphatic heterocycles. The van der Waals surface area contributed by atoms with Crippen molar-refractivity contribution in [3.63, 3.8) is 0 Å². The maximum Gasteiger partial charge on any atom is 0.0665 e. The Labute approximate surface area is 57.3 Å². The van der Waals surface area contributed by atoms with Gasteiger partial charge in [-0.25, -0.2) is 0 Å². The highest BCUT2D eigenvalue weighted by Crippen LogP contribution is 1.98. The van der Waals surface area contributed by atoms with Crippen LogP contribution >= 0.6 is 0 Å². The summed E-state index contributed by atoms with van der Waals surface area (Å²) in [7, 11) is 0. The Morgan fingerprint density at radius 3 is 2.33 bits per heavy atom. The zero-order chi connectivity index (χ0) is 7.11. The van der Waals surface area contributed by atoms with Gasteiger partial charge in [-0.1, -0.05) is 13.8 Å². The van der Waals surface area contributed by atoms with E-state index in [2.05, 4.69) is 5.32 Å². The third-order valence-electron chi connectivity index (χ3n) is 1.27. The van der Waals surface area contributed by atoms with Crippen molar-refractivity contribution < 1.29 is 5.11 Å². The van der Waals surface area contributed by atoms with Gasteiger partial charge in [-0.2, -0.15) is 0 Å². The van der Waals surface area contributed by atoms with Crippen LogP contribution in [0, 0.1) is 0 Å². The largest absolute Gasteiger partial charge is 0.392 e. The summed E-state index contributed by atoms with van der Waals surface area (Å²) in [6.45, 7) is 5.87. The molecular formula is C7H17NO. The van der Waals surface area contributed by atoms with Gasteiger partial charge in [0.2, 0.25) is 0 Å². The molecule has 0 aromatic rings. The lowest BCUT2D eigenvalue weighted by Gasteiger charge is -2.16. The quantitative estimate of drug-likeness (QED) is 0.508. The Hall–Kier alpha value is -0.0800. The molecule has 0 spiro atoms. The van der Waals surface area contributed by atoms with Crippen molar-refractivity contribution in [2.24, 2.45) is 0 Å². The monoisotopic (exact) mass is 131 g/mol. The Bertz CT molecular complexity index is 50.9. The third-order valence-corrected chi connectivity index (χ3v) is 1.27. The molecule has 2 nitrogen and oxygen atoms in total. The molecule has 1 heterocycles. The minimum absolute atomic E-state index is 0.0752. The highest BCUT2D eigenvalue weighted by atomic mass is 16.3. The standard InChI is InChI=1S/C5H11NO.C2H6/c7-5-2-1-3-6-4-5;1-2/h5-7H,1-4H2;1-2H3. The first-order chi connectivity index (χ1) is 4.39. The summed E-state index contributed by atoms with van der Waals surface area (Å²) in [5.74, 6) is 0. The van der Waals surface area contributed by atoms with Gasteiger partial charge in [0.05, 0.1) is 6.10 Å². The fourth-order valence-corrected chi connectivity index (χ4v) is 0.833. The van der Waals surface area contributed by atoms with E-state index in [1.54, 1.807) is 0 Å². The number of hydrogen-bond donors (Lipinski definition) is 2. The Balaban J connectivity index is 0.000000291. The van der Waals surface area contributed by atoms with E-state index in [1.807, 2.05) is 13.8 Å². The van der Waals surface area contributed by atoms with Crippen LogP contribution in [0.2, 0.25) is 0 Å². The van der Waals surface area contributed by atoms with Gasteiger partial charge in [0.15, 0.2) is 0 Å². The predicted molar refractivity (Wildman–Crippen MR) is 39.5 cm³/mol. The molecule has 1 fully saturated rings. The molecule has 0 amide bonds. The zero-order valence-corrected chi connectivity index (χ0v) is 6.35. The third kappa shape index (κ3) is 4.43. The Morgan fingerprint density at radius 2 is 2.11 bits per heavy atom. The van der Waals surface area contributed by atoms with Crippen LogP contribution in [-0.4, -0.2) is 24.3 Å². The summed E-state index contributed by atoms with van der Waals surface area (Å²) in [5, 5.41) is 11.9. The van der Waals surface area contributed by atoms with E-state index >= 15 is 0 Å². The molecule has 0 bridgehead atoms. The number of aliphatic hydroxyl groups excluding tert-OH is 1. The highest BCUT2D eigenvalue weighted by molar-refractivity contribution is 4.65. The number of piperidine rings is 1. The Morgan fingerprint density at radius 1 is 1.44 bits per heavy atom. The van der Waals surface area contributed by atoms with E-state index in [0.29, 0.717) is 0 Å². The average molecular weight is 131 g/mol. The van der Waals surface area contributed by atoms with E-state index in [4.69, 9.17) is 5.11 Å². The van der Waals surface area contributed by atoms with Gasteiger partial charge in [-0.15, -0.1) is 0 Å². The number of rotatable bonds is 0. The first kappa shape index (κ1) is 8.92. The van der Waals surface area contributed by atoms with Crippen molar-refractivity contribution >= 4 is 0 Å². The maximum atomic E-state index is 8.85. The molecule has 0 aromatic heterocycles. The number of aliphatic hydroxyl groups is 1. The van der Waals surface area contributed by atoms with Crippen LogP contribution < -0.4 is 5.32 Å². The van der Waals surface area contributed by atoms with Gasteiger partial charge in [0.1, 0.15) is 0 Å². The minimum Gasteiger partial charge on any atom is -0.392 e. The van der Waals surface area contributed by atoms with Crippen molar-refractivity contribution in [3.8, 4) is 0 Å². The number of hydrogen-bond acceptors (Lipinski definition) is 2. The topological polar surface area (TPSA) is 32.3 Å². The van der Waals surface area contributed by atoms with Crippen molar-refractivity contribution in [1.29, 1.82) is 0 Å². The molecule has 9 heavy (non-hydrogen) atoms. The van der Waals surface area contributed by atoms with E-state index in [1.165, 1.54) is 0 Å². The second-order valence-corrected chi connectivity index (χ2v) is 2.00. The van der Waals surface area contributed by atoms with Gasteiger partial charge in [0.25, 0.3) is 0 Å². The molecule has 1 atom stereocenters. The zero-order valence-electron chi connectivity index (χ0n) is 6.35. The summed E-state index contributed by atoms with van der Waals surface area (Å²) in [5.41, 5.74) is 0. The van der Waals surface area contributed by atoms with Crippen LogP contribution in [0.25, 0.3) is 0 Å². The lowest BCUT2D eigenvalue weighted by atomic mass is 10.1. The molecule has 1 aliphatic rings. The van der Waals surface area contributed by atoms with E-state index in [9.17, 15) is 0 Å². The number of β-amino-alcohol motifs (C(OH)–C–C–N with tert-alkyl or cyclic N) is 1. The molecule has 0 aromatic carbocycles. The van der Waals surface area contributed by atoms with Crippen LogP contribution in [0.3, 0.4) is 0 Å². The molecule has 56 valence electrons. The molecule has 1 rings (SSSR count). The second-order valence-electron chi connectivity index (χ2n) is 2.00. The van der Waals surface area contributed by atoms with Crippen molar-refractivity contribution in [1.82, 2.24) is 5.32 Å². The molecular weight excluding hydrogens is 114 g/mol. The van der Waals surface area contributed by atoms with Gasteiger partial charge >= 0.3 is 0 Å². The first-order valence-electron chi connectivity index (χ1n) is 3.78. The fourth-order valence-electron chi connectivity index (χ4n) is 0.833. The minimum atomic E-state index is -0.0752. The summed E-state index contributed by atoms with van der Waals surface area (Å²) in [6, 6.07) is 0. The smallest absolute Gasteiger partial charge is 0.0665 e. The van der Waals surface area contributed by atoms with Gasteiger partial charge < -0.3 is 10.4 Å². The fraction of sp³-hybridized carbons (Fsp3) is 1.00. The van der Waals surface area contributed by atoms with Gasteiger partial charge in [-0.05, 0) is 19.4 Å². The van der Waals surface area contributed by atoms with Crippen molar-refractivity contribution in [2.45, 2.75) is 32.8 Å². The molecule has 0 saturated carbocycles. The SMILES string of the molecule is CC.OC1CCCNC1. The molecule has 2 heteroatoms. The van der Waals surface area contributed by atoms with Crippen LogP contribution in [0.4, 0.5) is 0 Å². The van der Waals surface area contributed by atoms with E-state index in [0.717, 1.165) is 25.9 Å². The van der Waals surface area contributed by atoms with Crippen LogP contribution in [-0.2, 0) is 0 Å². The number of nitrogens with one attached hydrogen (secondary N) is 1.